The second-order valence-electron chi connectivity index (χ2n) is 7.21. The predicted octanol–water partition coefficient (Wildman–Crippen LogP) is 3.82. The molecule has 1 N–H and O–H groups in total. The first-order valence-corrected chi connectivity index (χ1v) is 9.54. The van der Waals surface area contributed by atoms with Crippen molar-refractivity contribution in [3.05, 3.63) is 41.6 Å². The molecule has 1 aliphatic heterocycles. The van der Waals surface area contributed by atoms with Crippen LogP contribution >= 0.6 is 0 Å². The van der Waals surface area contributed by atoms with E-state index in [1.807, 2.05) is 24.3 Å². The molecule has 0 radical (unpaired) electrons. The summed E-state index contributed by atoms with van der Waals surface area (Å²) in [6.07, 6.45) is -2.35. The summed E-state index contributed by atoms with van der Waals surface area (Å²) >= 11 is 0. The fraction of sp³-hybridized carbons (Fsp3) is 0.500. The van der Waals surface area contributed by atoms with Gasteiger partial charge in [0, 0.05) is 32.3 Å². The number of hydrogen-bond donors (Lipinski definition) is 1. The maximum atomic E-state index is 13.3. The number of nitrogens with one attached hydrogen (secondary N) is 1. The van der Waals surface area contributed by atoms with E-state index in [-0.39, 0.29) is 17.8 Å². The number of halogens is 3. The van der Waals surface area contributed by atoms with E-state index in [2.05, 4.69) is 20.2 Å². The Morgan fingerprint density at radius 2 is 1.86 bits per heavy atom. The molecule has 158 valence electrons. The van der Waals surface area contributed by atoms with Gasteiger partial charge in [-0.3, -0.25) is 4.90 Å². The summed E-state index contributed by atoms with van der Waals surface area (Å²) < 4.78 is 45.3. The number of ether oxygens (including phenoxy) is 1. The number of aromatic nitrogens is 2. The van der Waals surface area contributed by atoms with Gasteiger partial charge in [-0.2, -0.15) is 18.2 Å². The number of methoxy groups -OCH3 is 1. The minimum absolute atomic E-state index is 0.0392. The first-order chi connectivity index (χ1) is 13.8. The van der Waals surface area contributed by atoms with E-state index in [4.69, 9.17) is 4.74 Å². The van der Waals surface area contributed by atoms with Gasteiger partial charge < -0.3 is 15.0 Å². The lowest BCUT2D eigenvalue weighted by Crippen LogP contribution is -2.32. The summed E-state index contributed by atoms with van der Waals surface area (Å²) in [5.74, 6) is 0.914. The van der Waals surface area contributed by atoms with Crippen LogP contribution in [0.2, 0.25) is 0 Å². The maximum absolute atomic E-state index is 13.3. The van der Waals surface area contributed by atoms with E-state index in [0.29, 0.717) is 6.54 Å². The predicted molar refractivity (Wildman–Crippen MR) is 106 cm³/mol. The highest BCUT2D eigenvalue weighted by atomic mass is 19.4. The minimum atomic E-state index is -4.54. The molecule has 1 aliphatic rings. The highest BCUT2D eigenvalue weighted by Crippen LogP contribution is 2.33. The Morgan fingerprint density at radius 3 is 2.48 bits per heavy atom. The normalized spacial score (nSPS) is 15.9. The van der Waals surface area contributed by atoms with Crippen LogP contribution in [0.15, 0.2) is 30.3 Å². The Labute approximate surface area is 168 Å². The van der Waals surface area contributed by atoms with Crippen molar-refractivity contribution in [2.45, 2.75) is 25.1 Å². The Balaban J connectivity index is 1.88. The lowest BCUT2D eigenvalue weighted by molar-refractivity contribution is -0.141. The van der Waals surface area contributed by atoms with Gasteiger partial charge in [-0.1, -0.05) is 18.2 Å². The first kappa shape index (κ1) is 21.2. The molecule has 0 spiro atoms. The number of benzene rings is 1. The molecule has 2 aromatic rings. The van der Waals surface area contributed by atoms with Crippen molar-refractivity contribution in [3.8, 4) is 5.75 Å². The van der Waals surface area contributed by atoms with Crippen molar-refractivity contribution in [2.75, 3.05) is 51.1 Å². The molecule has 1 unspecified atom stereocenters. The maximum Gasteiger partial charge on any atom is 0.433 e. The van der Waals surface area contributed by atoms with E-state index < -0.39 is 11.9 Å². The van der Waals surface area contributed by atoms with Gasteiger partial charge in [0.1, 0.15) is 11.6 Å². The highest BCUT2D eigenvalue weighted by Gasteiger charge is 2.34. The number of alkyl halides is 3. The Kier molecular flexibility index (Phi) is 6.46. The van der Waals surface area contributed by atoms with Gasteiger partial charge in [0.05, 0.1) is 13.2 Å². The lowest BCUT2D eigenvalue weighted by atomic mass is 10.0. The fourth-order valence-corrected chi connectivity index (χ4v) is 3.51. The minimum Gasteiger partial charge on any atom is -0.496 e. The molecule has 2 heterocycles. The molecule has 0 amide bonds. The zero-order valence-electron chi connectivity index (χ0n) is 16.8. The van der Waals surface area contributed by atoms with Crippen LogP contribution in [0.5, 0.6) is 5.75 Å². The Morgan fingerprint density at radius 1 is 1.17 bits per heavy atom. The van der Waals surface area contributed by atoms with E-state index in [9.17, 15) is 13.2 Å². The number of hydrogen-bond acceptors (Lipinski definition) is 6. The van der Waals surface area contributed by atoms with Crippen molar-refractivity contribution < 1.29 is 17.9 Å². The SMILES string of the molecule is COc1ccccc1C(CNc1nc(N(C)C)cc(C(F)(F)F)n1)N1CCCC1. The van der Waals surface area contributed by atoms with Crippen molar-refractivity contribution in [1.29, 1.82) is 0 Å². The summed E-state index contributed by atoms with van der Waals surface area (Å²) in [6.45, 7) is 2.22. The van der Waals surface area contributed by atoms with E-state index >= 15 is 0 Å². The summed E-state index contributed by atoms with van der Waals surface area (Å²) in [6, 6.07) is 8.60. The molecule has 1 aromatic heterocycles. The second kappa shape index (κ2) is 8.86. The van der Waals surface area contributed by atoms with Crippen LogP contribution in [0.1, 0.15) is 30.1 Å². The van der Waals surface area contributed by atoms with Crippen LogP contribution in [0, 0.1) is 0 Å². The smallest absolute Gasteiger partial charge is 0.433 e. The standard InChI is InChI=1S/C20H26F3N5O/c1-27(2)18-12-17(20(21,22)23)25-19(26-18)24-13-15(28-10-6-7-11-28)14-8-4-5-9-16(14)29-3/h4-5,8-9,12,15H,6-7,10-11,13H2,1-3H3,(H,24,25,26). The molecule has 1 atom stereocenters. The Bertz CT molecular complexity index is 822. The summed E-state index contributed by atoms with van der Waals surface area (Å²) in [5, 5.41) is 3.03. The summed E-state index contributed by atoms with van der Waals surface area (Å²) in [5.41, 5.74) is 0.0259. The van der Waals surface area contributed by atoms with Gasteiger partial charge in [0.15, 0.2) is 5.69 Å². The quantitative estimate of drug-likeness (QED) is 0.750. The van der Waals surface area contributed by atoms with Gasteiger partial charge in [-0.05, 0) is 32.0 Å². The summed E-state index contributed by atoms with van der Waals surface area (Å²) in [7, 11) is 4.91. The molecule has 1 saturated heterocycles. The molecule has 29 heavy (non-hydrogen) atoms. The first-order valence-electron chi connectivity index (χ1n) is 9.54. The van der Waals surface area contributed by atoms with Gasteiger partial charge in [0.25, 0.3) is 0 Å². The molecule has 3 rings (SSSR count). The molecule has 1 aromatic carbocycles. The number of para-hydroxylation sites is 1. The van der Waals surface area contributed by atoms with Gasteiger partial charge in [-0.25, -0.2) is 4.98 Å². The van der Waals surface area contributed by atoms with Crippen LogP contribution in [0.25, 0.3) is 0 Å². The molecule has 0 saturated carbocycles. The van der Waals surface area contributed by atoms with Crippen LogP contribution in [-0.2, 0) is 6.18 Å². The lowest BCUT2D eigenvalue weighted by Gasteiger charge is -2.29. The third kappa shape index (κ3) is 5.09. The van der Waals surface area contributed by atoms with E-state index in [1.54, 1.807) is 21.2 Å². The van der Waals surface area contributed by atoms with Crippen LogP contribution in [0.3, 0.4) is 0 Å². The third-order valence-corrected chi connectivity index (χ3v) is 4.99. The molecule has 9 heteroatoms. The number of anilines is 2. The third-order valence-electron chi connectivity index (χ3n) is 4.99. The van der Waals surface area contributed by atoms with Crippen LogP contribution < -0.4 is 15.0 Å². The molecular formula is C20H26F3N5O. The molecular weight excluding hydrogens is 383 g/mol. The summed E-state index contributed by atoms with van der Waals surface area (Å²) in [4.78, 5) is 11.8. The van der Waals surface area contributed by atoms with Gasteiger partial charge >= 0.3 is 6.18 Å². The topological polar surface area (TPSA) is 53.5 Å². The second-order valence-corrected chi connectivity index (χ2v) is 7.21. The van der Waals surface area contributed by atoms with E-state index in [1.165, 1.54) is 4.90 Å². The van der Waals surface area contributed by atoms with Gasteiger partial charge in [-0.15, -0.1) is 0 Å². The number of likely N-dealkylation sites (tertiary alicyclic amines) is 1. The zero-order valence-corrected chi connectivity index (χ0v) is 16.8. The highest BCUT2D eigenvalue weighted by molar-refractivity contribution is 5.45. The fourth-order valence-electron chi connectivity index (χ4n) is 3.51. The van der Waals surface area contributed by atoms with Crippen molar-refractivity contribution in [1.82, 2.24) is 14.9 Å². The monoisotopic (exact) mass is 409 g/mol. The van der Waals surface area contributed by atoms with Crippen molar-refractivity contribution in [2.24, 2.45) is 0 Å². The molecule has 0 bridgehead atoms. The largest absolute Gasteiger partial charge is 0.496 e. The van der Waals surface area contributed by atoms with Gasteiger partial charge in [0.2, 0.25) is 5.95 Å². The average Bonchev–Trinajstić information content (AvgIpc) is 3.22. The van der Waals surface area contributed by atoms with Crippen molar-refractivity contribution >= 4 is 11.8 Å². The molecule has 6 nitrogen and oxygen atoms in total. The van der Waals surface area contributed by atoms with E-state index in [0.717, 1.165) is 43.3 Å². The molecule has 1 fully saturated rings. The zero-order chi connectivity index (χ0) is 21.0. The number of nitrogens with zero attached hydrogens (tertiary/aromatic N) is 4. The van der Waals surface area contributed by atoms with Crippen LogP contribution in [0.4, 0.5) is 24.9 Å². The van der Waals surface area contributed by atoms with Crippen LogP contribution in [-0.4, -0.2) is 55.7 Å². The van der Waals surface area contributed by atoms with Crippen molar-refractivity contribution in [3.63, 3.8) is 0 Å². The number of rotatable bonds is 7. The Hall–Kier alpha value is -2.55. The average molecular weight is 409 g/mol. The molecule has 0 aliphatic carbocycles.